The highest BCUT2D eigenvalue weighted by atomic mass is 32.1. The summed E-state index contributed by atoms with van der Waals surface area (Å²) >= 11 is 1.36. The number of H-pyrrole nitrogens is 1. The number of hydrogen-bond donors (Lipinski definition) is 2. The highest BCUT2D eigenvalue weighted by molar-refractivity contribution is 7.17. The maximum Gasteiger partial charge on any atom is 0.355 e. The molecule has 1 aliphatic carbocycles. The van der Waals surface area contributed by atoms with Gasteiger partial charge in [-0.05, 0) is 57.6 Å². The molecule has 178 valence electrons. The lowest BCUT2D eigenvalue weighted by Crippen LogP contribution is -2.22. The minimum absolute atomic E-state index is 0.175. The number of aromatic amines is 1. The predicted octanol–water partition coefficient (Wildman–Crippen LogP) is 3.72. The van der Waals surface area contributed by atoms with Gasteiger partial charge in [-0.15, -0.1) is 11.3 Å². The number of carbonyl (C=O) groups is 4. The number of nitrogens with one attached hydrogen (secondary N) is 2. The molecule has 10 heteroatoms. The molecule has 0 fully saturated rings. The Morgan fingerprint density at radius 1 is 0.970 bits per heavy atom. The van der Waals surface area contributed by atoms with Crippen LogP contribution in [-0.4, -0.2) is 49.1 Å². The standard InChI is InChI=1S/C23H28N2O7S/c1-5-31-23(29)19-12(2)17(13(3)24-19)22(28)32-11-16(26)25-20-18(21(27)30-4)14-9-7-6-8-10-15(14)33-20/h24H,5-11H2,1-4H3,(H,25,26). The Morgan fingerprint density at radius 3 is 2.39 bits per heavy atom. The first kappa shape index (κ1) is 24.5. The van der Waals surface area contributed by atoms with Gasteiger partial charge in [-0.1, -0.05) is 6.42 Å². The molecule has 3 rings (SSSR count). The van der Waals surface area contributed by atoms with Crippen molar-refractivity contribution < 1.29 is 33.4 Å². The number of aromatic nitrogens is 1. The van der Waals surface area contributed by atoms with E-state index >= 15 is 0 Å². The van der Waals surface area contributed by atoms with Gasteiger partial charge in [0.2, 0.25) is 0 Å². The number of aryl methyl sites for hydroxylation is 2. The molecule has 1 aliphatic rings. The number of hydrogen-bond acceptors (Lipinski definition) is 8. The Hall–Kier alpha value is -3.14. The summed E-state index contributed by atoms with van der Waals surface area (Å²) in [7, 11) is 1.31. The number of esters is 3. The van der Waals surface area contributed by atoms with Crippen LogP contribution >= 0.6 is 11.3 Å². The van der Waals surface area contributed by atoms with E-state index in [9.17, 15) is 19.2 Å². The highest BCUT2D eigenvalue weighted by Gasteiger charge is 2.27. The normalized spacial score (nSPS) is 13.0. The summed E-state index contributed by atoms with van der Waals surface area (Å²) in [5.74, 6) is -2.36. The smallest absolute Gasteiger partial charge is 0.355 e. The molecule has 0 atom stereocenters. The van der Waals surface area contributed by atoms with E-state index in [-0.39, 0.29) is 17.9 Å². The van der Waals surface area contributed by atoms with Crippen LogP contribution in [0.1, 0.15) is 79.1 Å². The topological polar surface area (TPSA) is 124 Å². The fraction of sp³-hybridized carbons (Fsp3) is 0.478. The molecule has 0 spiro atoms. The van der Waals surface area contributed by atoms with Gasteiger partial charge in [0.1, 0.15) is 10.7 Å². The number of anilines is 1. The minimum atomic E-state index is -0.734. The second-order valence-corrected chi connectivity index (χ2v) is 8.84. The molecule has 0 radical (unpaired) electrons. The van der Waals surface area contributed by atoms with Crippen molar-refractivity contribution >= 4 is 40.2 Å². The molecular weight excluding hydrogens is 448 g/mol. The second-order valence-electron chi connectivity index (χ2n) is 7.73. The molecule has 0 bridgehead atoms. The van der Waals surface area contributed by atoms with Gasteiger partial charge in [-0.25, -0.2) is 14.4 Å². The molecular formula is C23H28N2O7S. The third-order valence-electron chi connectivity index (χ3n) is 5.52. The number of fused-ring (bicyclic) bond motifs is 1. The maximum atomic E-state index is 12.6. The first-order valence-electron chi connectivity index (χ1n) is 10.8. The SMILES string of the molecule is CCOC(=O)c1[nH]c(C)c(C(=O)OCC(=O)Nc2sc3c(c2C(=O)OC)CCCCC3)c1C. The van der Waals surface area contributed by atoms with Crippen LogP contribution in [0.15, 0.2) is 0 Å². The monoisotopic (exact) mass is 476 g/mol. The molecule has 2 heterocycles. The Bertz CT molecular complexity index is 1080. The summed E-state index contributed by atoms with van der Waals surface area (Å²) in [5, 5.41) is 3.11. The summed E-state index contributed by atoms with van der Waals surface area (Å²) in [5.41, 5.74) is 2.51. The highest BCUT2D eigenvalue weighted by Crippen LogP contribution is 2.38. The lowest BCUT2D eigenvalue weighted by atomic mass is 10.1. The molecule has 2 N–H and O–H groups in total. The van der Waals surface area contributed by atoms with Crippen LogP contribution in [-0.2, 0) is 31.8 Å². The first-order chi connectivity index (χ1) is 15.8. The first-order valence-corrected chi connectivity index (χ1v) is 11.7. The van der Waals surface area contributed by atoms with Gasteiger partial charge in [0.05, 0.1) is 24.8 Å². The van der Waals surface area contributed by atoms with Gasteiger partial charge in [-0.3, -0.25) is 4.79 Å². The van der Waals surface area contributed by atoms with Crippen LogP contribution in [0.4, 0.5) is 5.00 Å². The van der Waals surface area contributed by atoms with Gasteiger partial charge in [0.25, 0.3) is 5.91 Å². The fourth-order valence-electron chi connectivity index (χ4n) is 3.98. The van der Waals surface area contributed by atoms with E-state index in [1.54, 1.807) is 20.8 Å². The summed E-state index contributed by atoms with van der Waals surface area (Å²) in [6.45, 7) is 4.59. The number of rotatable bonds is 7. The zero-order valence-electron chi connectivity index (χ0n) is 19.2. The largest absolute Gasteiger partial charge is 0.465 e. The lowest BCUT2D eigenvalue weighted by Gasteiger charge is -2.08. The minimum Gasteiger partial charge on any atom is -0.465 e. The van der Waals surface area contributed by atoms with Crippen molar-refractivity contribution in [2.24, 2.45) is 0 Å². The molecule has 9 nitrogen and oxygen atoms in total. The molecule has 1 amide bonds. The molecule has 2 aromatic heterocycles. The maximum absolute atomic E-state index is 12.6. The second kappa shape index (κ2) is 10.7. The van der Waals surface area contributed by atoms with Crippen LogP contribution in [0.3, 0.4) is 0 Å². The summed E-state index contributed by atoms with van der Waals surface area (Å²) in [6.07, 6.45) is 4.71. The van der Waals surface area contributed by atoms with Crippen LogP contribution in [0.5, 0.6) is 0 Å². The van der Waals surface area contributed by atoms with Crippen LogP contribution < -0.4 is 5.32 Å². The van der Waals surface area contributed by atoms with Crippen molar-refractivity contribution in [3.63, 3.8) is 0 Å². The van der Waals surface area contributed by atoms with Crippen LogP contribution in [0, 0.1) is 13.8 Å². The van der Waals surface area contributed by atoms with E-state index in [0.29, 0.717) is 21.8 Å². The number of carbonyl (C=O) groups excluding carboxylic acids is 4. The van der Waals surface area contributed by atoms with Gasteiger partial charge < -0.3 is 24.5 Å². The van der Waals surface area contributed by atoms with Crippen molar-refractivity contribution in [2.75, 3.05) is 25.6 Å². The predicted molar refractivity (Wildman–Crippen MR) is 122 cm³/mol. The summed E-state index contributed by atoms with van der Waals surface area (Å²) in [4.78, 5) is 53.5. The Kier molecular flexibility index (Phi) is 7.91. The average Bonchev–Trinajstić information content (AvgIpc) is 3.17. The Balaban J connectivity index is 1.71. The third-order valence-corrected chi connectivity index (χ3v) is 6.73. The van der Waals surface area contributed by atoms with E-state index < -0.39 is 30.4 Å². The number of amides is 1. The molecule has 0 aromatic carbocycles. The zero-order valence-corrected chi connectivity index (χ0v) is 20.0. The van der Waals surface area contributed by atoms with Crippen molar-refractivity contribution in [3.05, 3.63) is 38.5 Å². The number of ether oxygens (including phenoxy) is 3. The molecule has 0 unspecified atom stereocenters. The van der Waals surface area contributed by atoms with Crippen LogP contribution in [0.2, 0.25) is 0 Å². The number of thiophene rings is 1. The zero-order chi connectivity index (χ0) is 24.1. The van der Waals surface area contributed by atoms with E-state index in [1.165, 1.54) is 18.4 Å². The number of methoxy groups -OCH3 is 1. The molecule has 0 saturated heterocycles. The van der Waals surface area contributed by atoms with E-state index in [2.05, 4.69) is 10.3 Å². The Labute approximate surface area is 195 Å². The van der Waals surface area contributed by atoms with Gasteiger partial charge in [0.15, 0.2) is 6.61 Å². The van der Waals surface area contributed by atoms with Crippen molar-refractivity contribution in [3.8, 4) is 0 Å². The van der Waals surface area contributed by atoms with Gasteiger partial charge in [0, 0.05) is 10.6 Å². The fourth-order valence-corrected chi connectivity index (χ4v) is 5.27. The van der Waals surface area contributed by atoms with E-state index in [0.717, 1.165) is 42.5 Å². The lowest BCUT2D eigenvalue weighted by molar-refractivity contribution is -0.119. The molecule has 0 aliphatic heterocycles. The molecule has 2 aromatic rings. The van der Waals surface area contributed by atoms with Crippen molar-refractivity contribution in [2.45, 2.75) is 52.9 Å². The van der Waals surface area contributed by atoms with Gasteiger partial charge >= 0.3 is 17.9 Å². The molecule has 0 saturated carbocycles. The summed E-state index contributed by atoms with van der Waals surface area (Å²) < 4.78 is 15.1. The van der Waals surface area contributed by atoms with E-state index in [1.807, 2.05) is 0 Å². The van der Waals surface area contributed by atoms with E-state index in [4.69, 9.17) is 14.2 Å². The summed E-state index contributed by atoms with van der Waals surface area (Å²) in [6, 6.07) is 0. The van der Waals surface area contributed by atoms with Crippen molar-refractivity contribution in [1.82, 2.24) is 4.98 Å². The van der Waals surface area contributed by atoms with Gasteiger partial charge in [-0.2, -0.15) is 0 Å². The van der Waals surface area contributed by atoms with Crippen LogP contribution in [0.25, 0.3) is 0 Å². The Morgan fingerprint density at radius 2 is 1.70 bits per heavy atom. The quantitative estimate of drug-likeness (QED) is 0.355. The van der Waals surface area contributed by atoms with Crippen molar-refractivity contribution in [1.29, 1.82) is 0 Å². The third kappa shape index (κ3) is 5.27. The molecule has 33 heavy (non-hydrogen) atoms. The average molecular weight is 477 g/mol.